The van der Waals surface area contributed by atoms with Crippen molar-refractivity contribution >= 4 is 5.69 Å². The quantitative estimate of drug-likeness (QED) is 0.658. The van der Waals surface area contributed by atoms with Crippen molar-refractivity contribution in [2.75, 3.05) is 5.73 Å². The fraction of sp³-hybridized carbons (Fsp3) is 0. The summed E-state index contributed by atoms with van der Waals surface area (Å²) in [6.07, 6.45) is 0. The van der Waals surface area contributed by atoms with E-state index >= 15 is 0 Å². The topological polar surface area (TPSA) is 35.2 Å². The van der Waals surface area contributed by atoms with Crippen LogP contribution in [0.4, 0.5) is 23.2 Å². The zero-order chi connectivity index (χ0) is 13.3. The van der Waals surface area contributed by atoms with Gasteiger partial charge in [-0.3, -0.25) is 0 Å². The molecule has 0 heterocycles. The summed E-state index contributed by atoms with van der Waals surface area (Å²) in [5.41, 5.74) is 5.06. The Balaban J connectivity index is 2.43. The van der Waals surface area contributed by atoms with Crippen LogP contribution in [0.3, 0.4) is 0 Å². The minimum Gasteiger partial charge on any atom is -0.448 e. The van der Waals surface area contributed by atoms with Gasteiger partial charge >= 0.3 is 0 Å². The minimum atomic E-state index is -1.10. The molecule has 0 atom stereocenters. The fourth-order valence-corrected chi connectivity index (χ4v) is 1.34. The molecular weight excluding hydrogens is 250 g/mol. The first-order valence-corrected chi connectivity index (χ1v) is 4.85. The molecule has 0 aliphatic heterocycles. The summed E-state index contributed by atoms with van der Waals surface area (Å²) in [6.45, 7) is 0. The third kappa shape index (κ3) is 2.37. The molecule has 0 bridgehead atoms. The zero-order valence-corrected chi connectivity index (χ0v) is 8.88. The third-order valence-electron chi connectivity index (χ3n) is 2.13. The Morgan fingerprint density at radius 1 is 0.833 bits per heavy atom. The van der Waals surface area contributed by atoms with Gasteiger partial charge in [0.15, 0.2) is 29.0 Å². The zero-order valence-electron chi connectivity index (χ0n) is 8.88. The molecule has 2 aromatic rings. The number of nitrogen functional groups attached to an aromatic ring is 1. The summed E-state index contributed by atoms with van der Waals surface area (Å²) in [5, 5.41) is 0. The predicted octanol–water partition coefficient (Wildman–Crippen LogP) is 3.62. The van der Waals surface area contributed by atoms with E-state index in [9.17, 15) is 17.6 Å². The molecule has 0 fully saturated rings. The number of ether oxygens (including phenoxy) is 1. The van der Waals surface area contributed by atoms with Crippen LogP contribution < -0.4 is 10.5 Å². The van der Waals surface area contributed by atoms with E-state index in [4.69, 9.17) is 5.73 Å². The molecule has 2 rings (SSSR count). The van der Waals surface area contributed by atoms with Crippen LogP contribution in [0.1, 0.15) is 0 Å². The van der Waals surface area contributed by atoms with Gasteiger partial charge in [0.25, 0.3) is 0 Å². The monoisotopic (exact) mass is 257 g/mol. The molecule has 2 N–H and O–H groups in total. The molecule has 0 saturated carbocycles. The van der Waals surface area contributed by atoms with Crippen LogP contribution >= 0.6 is 0 Å². The summed E-state index contributed by atoms with van der Waals surface area (Å²) >= 11 is 0. The number of nitrogens with two attached hydrogens (primary N) is 1. The summed E-state index contributed by atoms with van der Waals surface area (Å²) in [6, 6.07) is 3.96. The fourth-order valence-electron chi connectivity index (χ4n) is 1.34. The first-order valence-electron chi connectivity index (χ1n) is 4.85. The number of halogens is 4. The number of anilines is 1. The van der Waals surface area contributed by atoms with E-state index in [1.54, 1.807) is 0 Å². The molecule has 94 valence electrons. The Kier molecular flexibility index (Phi) is 3.10. The predicted molar refractivity (Wildman–Crippen MR) is 57.2 cm³/mol. The maximum atomic E-state index is 13.4. The van der Waals surface area contributed by atoms with Crippen LogP contribution in [-0.2, 0) is 0 Å². The van der Waals surface area contributed by atoms with Gasteiger partial charge in [-0.1, -0.05) is 0 Å². The largest absolute Gasteiger partial charge is 0.448 e. The third-order valence-corrected chi connectivity index (χ3v) is 2.13. The maximum Gasteiger partial charge on any atom is 0.198 e. The lowest BCUT2D eigenvalue weighted by Gasteiger charge is -2.09. The van der Waals surface area contributed by atoms with Crippen molar-refractivity contribution in [1.82, 2.24) is 0 Å². The summed E-state index contributed by atoms with van der Waals surface area (Å²) in [4.78, 5) is 0. The number of hydrogen-bond donors (Lipinski definition) is 1. The second-order valence-electron chi connectivity index (χ2n) is 3.49. The molecule has 0 saturated heterocycles. The van der Waals surface area contributed by atoms with Crippen molar-refractivity contribution in [2.45, 2.75) is 0 Å². The molecular formula is C12H7F4NO. The first-order chi connectivity index (χ1) is 8.47. The molecule has 2 nitrogen and oxygen atoms in total. The van der Waals surface area contributed by atoms with Gasteiger partial charge in [0.05, 0.1) is 0 Å². The van der Waals surface area contributed by atoms with Crippen LogP contribution in [0.5, 0.6) is 11.5 Å². The van der Waals surface area contributed by atoms with Crippen molar-refractivity contribution < 1.29 is 22.3 Å². The van der Waals surface area contributed by atoms with Gasteiger partial charge in [0.2, 0.25) is 0 Å². The minimum absolute atomic E-state index is 0.142. The molecule has 0 aliphatic carbocycles. The summed E-state index contributed by atoms with van der Waals surface area (Å²) < 4.78 is 57.5. The van der Waals surface area contributed by atoms with Crippen molar-refractivity contribution in [3.63, 3.8) is 0 Å². The van der Waals surface area contributed by atoms with Gasteiger partial charge in [-0.25, -0.2) is 17.6 Å². The first kappa shape index (κ1) is 12.2. The van der Waals surface area contributed by atoms with Gasteiger partial charge in [0.1, 0.15) is 5.82 Å². The normalized spacial score (nSPS) is 10.4. The molecule has 0 aromatic heterocycles. The van der Waals surface area contributed by atoms with E-state index in [1.165, 1.54) is 0 Å². The van der Waals surface area contributed by atoms with E-state index in [1.807, 2.05) is 0 Å². The Labute approximate surface area is 99.6 Å². The van der Waals surface area contributed by atoms with E-state index in [-0.39, 0.29) is 5.69 Å². The van der Waals surface area contributed by atoms with Gasteiger partial charge in [-0.15, -0.1) is 0 Å². The summed E-state index contributed by atoms with van der Waals surface area (Å²) in [7, 11) is 0. The van der Waals surface area contributed by atoms with Crippen LogP contribution in [0.15, 0.2) is 30.3 Å². The second kappa shape index (κ2) is 4.56. The van der Waals surface area contributed by atoms with Crippen molar-refractivity contribution in [1.29, 1.82) is 0 Å². The Bertz CT molecular complexity index is 578. The maximum absolute atomic E-state index is 13.4. The van der Waals surface area contributed by atoms with Gasteiger partial charge in [-0.05, 0) is 12.1 Å². The number of benzene rings is 2. The van der Waals surface area contributed by atoms with Crippen molar-refractivity contribution in [3.8, 4) is 11.5 Å². The van der Waals surface area contributed by atoms with Crippen LogP contribution in [0.25, 0.3) is 0 Å². The van der Waals surface area contributed by atoms with Gasteiger partial charge in [0, 0.05) is 23.9 Å². The smallest absolute Gasteiger partial charge is 0.198 e. The molecule has 0 amide bonds. The highest BCUT2D eigenvalue weighted by molar-refractivity contribution is 5.45. The average Bonchev–Trinajstić information content (AvgIpc) is 2.28. The highest BCUT2D eigenvalue weighted by atomic mass is 19.1. The Morgan fingerprint density at radius 2 is 1.44 bits per heavy atom. The molecule has 0 radical (unpaired) electrons. The van der Waals surface area contributed by atoms with E-state index in [2.05, 4.69) is 4.74 Å². The number of rotatable bonds is 2. The van der Waals surface area contributed by atoms with Crippen LogP contribution in [0.2, 0.25) is 0 Å². The lowest BCUT2D eigenvalue weighted by atomic mass is 10.2. The molecule has 6 heteroatoms. The highest BCUT2D eigenvalue weighted by Crippen LogP contribution is 2.31. The van der Waals surface area contributed by atoms with E-state index in [0.717, 1.165) is 24.3 Å². The lowest BCUT2D eigenvalue weighted by molar-refractivity contribution is 0.385. The lowest BCUT2D eigenvalue weighted by Crippen LogP contribution is -1.97. The molecule has 0 spiro atoms. The molecule has 0 aliphatic rings. The van der Waals surface area contributed by atoms with E-state index in [0.29, 0.717) is 6.07 Å². The van der Waals surface area contributed by atoms with Crippen LogP contribution in [0, 0.1) is 23.3 Å². The Morgan fingerprint density at radius 3 is 2.06 bits per heavy atom. The molecule has 18 heavy (non-hydrogen) atoms. The highest BCUT2D eigenvalue weighted by Gasteiger charge is 2.15. The molecule has 2 aromatic carbocycles. The average molecular weight is 257 g/mol. The van der Waals surface area contributed by atoms with Gasteiger partial charge in [-0.2, -0.15) is 0 Å². The Hall–Kier alpha value is -2.24. The standard InChI is InChI=1S/C12H7F4NO/c13-6-1-2-8(14)11(3-6)18-12-9(15)4-7(17)5-10(12)16/h1-5H,17H2. The van der Waals surface area contributed by atoms with Crippen molar-refractivity contribution in [3.05, 3.63) is 53.6 Å². The second-order valence-corrected chi connectivity index (χ2v) is 3.49. The van der Waals surface area contributed by atoms with E-state index < -0.39 is 34.8 Å². The summed E-state index contributed by atoms with van der Waals surface area (Å²) in [5.74, 6) is -5.38. The number of hydrogen-bond acceptors (Lipinski definition) is 2. The van der Waals surface area contributed by atoms with Gasteiger partial charge < -0.3 is 10.5 Å². The molecule has 0 unspecified atom stereocenters. The van der Waals surface area contributed by atoms with Crippen molar-refractivity contribution in [2.24, 2.45) is 0 Å². The van der Waals surface area contributed by atoms with Crippen LogP contribution in [-0.4, -0.2) is 0 Å². The SMILES string of the molecule is Nc1cc(F)c(Oc2cc(F)ccc2F)c(F)c1.